The largest absolute Gasteiger partial charge is 0.348 e. The van der Waals surface area contributed by atoms with E-state index in [0.29, 0.717) is 17.1 Å². The normalized spacial score (nSPS) is 10.4. The van der Waals surface area contributed by atoms with E-state index in [9.17, 15) is 9.18 Å². The van der Waals surface area contributed by atoms with Crippen LogP contribution in [0.3, 0.4) is 0 Å². The number of hydrogen-bond donors (Lipinski definition) is 1. The molecule has 0 radical (unpaired) electrons. The highest BCUT2D eigenvalue weighted by molar-refractivity contribution is 6.31. The van der Waals surface area contributed by atoms with Crippen molar-refractivity contribution < 1.29 is 9.18 Å². The number of hydrogen-bond acceptors (Lipinski definition) is 3. The van der Waals surface area contributed by atoms with Gasteiger partial charge in [-0.15, -0.1) is 0 Å². The van der Waals surface area contributed by atoms with Gasteiger partial charge < -0.3 is 5.32 Å². The number of benzene rings is 1. The lowest BCUT2D eigenvalue weighted by Gasteiger charge is -2.08. The zero-order chi connectivity index (χ0) is 16.9. The summed E-state index contributed by atoms with van der Waals surface area (Å²) in [6, 6.07) is 9.48. The Bertz CT molecular complexity index is 868. The van der Waals surface area contributed by atoms with Crippen LogP contribution in [0.25, 0.3) is 11.1 Å². The van der Waals surface area contributed by atoms with Gasteiger partial charge >= 0.3 is 0 Å². The van der Waals surface area contributed by atoms with E-state index in [1.807, 2.05) is 0 Å². The number of halogens is 2. The smallest absolute Gasteiger partial charge is 0.253 e. The van der Waals surface area contributed by atoms with Crippen LogP contribution in [-0.4, -0.2) is 15.9 Å². The van der Waals surface area contributed by atoms with Crippen LogP contribution in [0.15, 0.2) is 61.2 Å². The van der Waals surface area contributed by atoms with Crippen LogP contribution in [0, 0.1) is 5.82 Å². The zero-order valence-electron chi connectivity index (χ0n) is 12.5. The van der Waals surface area contributed by atoms with E-state index in [4.69, 9.17) is 11.6 Å². The third-order valence-electron chi connectivity index (χ3n) is 3.47. The molecule has 0 bridgehead atoms. The lowest BCUT2D eigenvalue weighted by Crippen LogP contribution is -2.23. The van der Waals surface area contributed by atoms with Gasteiger partial charge in [-0.05, 0) is 35.4 Å². The lowest BCUT2D eigenvalue weighted by molar-refractivity contribution is 0.0950. The molecule has 1 N–H and O–H groups in total. The van der Waals surface area contributed by atoms with E-state index in [1.54, 1.807) is 36.7 Å². The molecular weight excluding hydrogens is 329 g/mol. The molecule has 3 rings (SSSR count). The molecule has 0 aliphatic rings. The third-order valence-corrected chi connectivity index (χ3v) is 3.81. The molecule has 0 spiro atoms. The van der Waals surface area contributed by atoms with Gasteiger partial charge in [0.05, 0.1) is 10.6 Å². The molecule has 2 heterocycles. The molecule has 0 aliphatic carbocycles. The summed E-state index contributed by atoms with van der Waals surface area (Å²) >= 11 is 6.01. The van der Waals surface area contributed by atoms with Crippen molar-refractivity contribution in [2.45, 2.75) is 6.54 Å². The maximum absolute atomic E-state index is 13.0. The summed E-state index contributed by atoms with van der Waals surface area (Å²) in [7, 11) is 0. The third kappa shape index (κ3) is 3.75. The molecule has 6 heteroatoms. The van der Waals surface area contributed by atoms with Gasteiger partial charge in [-0.1, -0.05) is 23.7 Å². The van der Waals surface area contributed by atoms with E-state index in [2.05, 4.69) is 15.3 Å². The summed E-state index contributed by atoms with van der Waals surface area (Å²) in [4.78, 5) is 20.3. The van der Waals surface area contributed by atoms with E-state index in [0.717, 1.165) is 16.7 Å². The number of nitrogens with one attached hydrogen (secondary N) is 1. The number of carbonyl (C=O) groups is 1. The summed E-state index contributed by atoms with van der Waals surface area (Å²) in [5.74, 6) is -0.575. The summed E-state index contributed by atoms with van der Waals surface area (Å²) in [5.41, 5.74) is 2.73. The monoisotopic (exact) mass is 341 g/mol. The van der Waals surface area contributed by atoms with Crippen molar-refractivity contribution in [2.24, 2.45) is 0 Å². The molecular formula is C18H13ClFN3O. The second-order valence-electron chi connectivity index (χ2n) is 5.12. The Labute approximate surface area is 143 Å². The number of amides is 1. The molecule has 24 heavy (non-hydrogen) atoms. The van der Waals surface area contributed by atoms with Gasteiger partial charge in [0.1, 0.15) is 5.82 Å². The Morgan fingerprint density at radius 3 is 2.58 bits per heavy atom. The van der Waals surface area contributed by atoms with Crippen LogP contribution in [0.5, 0.6) is 0 Å². The van der Waals surface area contributed by atoms with Gasteiger partial charge in [-0.25, -0.2) is 4.39 Å². The zero-order valence-corrected chi connectivity index (χ0v) is 13.3. The minimum Gasteiger partial charge on any atom is -0.348 e. The molecule has 1 amide bonds. The highest BCUT2D eigenvalue weighted by atomic mass is 35.5. The maximum Gasteiger partial charge on any atom is 0.253 e. The Hall–Kier alpha value is -2.79. The molecule has 4 nitrogen and oxygen atoms in total. The Morgan fingerprint density at radius 2 is 1.83 bits per heavy atom. The standard InChI is InChI=1S/C18H13ClFN3O/c19-17-11-21-6-5-13(17)10-23-18(24)15-7-14(8-22-9-15)12-1-3-16(20)4-2-12/h1-9,11H,10H2,(H,23,24). The first-order valence-corrected chi connectivity index (χ1v) is 7.59. The van der Waals surface area contributed by atoms with Crippen LogP contribution in [0.1, 0.15) is 15.9 Å². The SMILES string of the molecule is O=C(NCc1ccncc1Cl)c1cncc(-c2ccc(F)cc2)c1. The number of rotatable bonds is 4. The highest BCUT2D eigenvalue weighted by Gasteiger charge is 2.09. The van der Waals surface area contributed by atoms with Crippen molar-refractivity contribution in [3.8, 4) is 11.1 Å². The van der Waals surface area contributed by atoms with Crippen molar-refractivity contribution in [1.82, 2.24) is 15.3 Å². The van der Waals surface area contributed by atoms with E-state index < -0.39 is 0 Å². The minimum absolute atomic E-state index is 0.264. The molecule has 0 atom stereocenters. The topological polar surface area (TPSA) is 54.9 Å². The van der Waals surface area contributed by atoms with Crippen LogP contribution in [0.2, 0.25) is 5.02 Å². The van der Waals surface area contributed by atoms with Gasteiger partial charge in [-0.3, -0.25) is 14.8 Å². The van der Waals surface area contributed by atoms with E-state index in [1.165, 1.54) is 24.5 Å². The van der Waals surface area contributed by atoms with Crippen molar-refractivity contribution in [2.75, 3.05) is 0 Å². The van der Waals surface area contributed by atoms with Gasteiger partial charge in [0.15, 0.2) is 0 Å². The average molecular weight is 342 g/mol. The molecule has 1 aromatic carbocycles. The Morgan fingerprint density at radius 1 is 1.04 bits per heavy atom. The molecule has 0 unspecified atom stereocenters. The second-order valence-corrected chi connectivity index (χ2v) is 5.53. The lowest BCUT2D eigenvalue weighted by atomic mass is 10.1. The number of aromatic nitrogens is 2. The van der Waals surface area contributed by atoms with Gasteiger partial charge in [0, 0.05) is 36.9 Å². The second kappa shape index (κ2) is 7.19. The summed E-state index contributed by atoms with van der Waals surface area (Å²) in [5, 5.41) is 3.29. The fourth-order valence-electron chi connectivity index (χ4n) is 2.19. The van der Waals surface area contributed by atoms with Crippen molar-refractivity contribution in [3.05, 3.63) is 83.2 Å². The first kappa shape index (κ1) is 16.1. The van der Waals surface area contributed by atoms with Crippen molar-refractivity contribution >= 4 is 17.5 Å². The fourth-order valence-corrected chi connectivity index (χ4v) is 2.38. The van der Waals surface area contributed by atoms with Gasteiger partial charge in [-0.2, -0.15) is 0 Å². The maximum atomic E-state index is 13.0. The molecule has 2 aromatic heterocycles. The predicted molar refractivity (Wildman–Crippen MR) is 90.0 cm³/mol. The van der Waals surface area contributed by atoms with Gasteiger partial charge in [0.2, 0.25) is 0 Å². The number of carbonyl (C=O) groups excluding carboxylic acids is 1. The molecule has 0 saturated heterocycles. The average Bonchev–Trinajstić information content (AvgIpc) is 2.61. The van der Waals surface area contributed by atoms with E-state index in [-0.39, 0.29) is 11.7 Å². The van der Waals surface area contributed by atoms with Crippen molar-refractivity contribution in [3.63, 3.8) is 0 Å². The summed E-state index contributed by atoms with van der Waals surface area (Å²) < 4.78 is 13.0. The van der Waals surface area contributed by atoms with Crippen LogP contribution in [-0.2, 0) is 6.54 Å². The Balaban J connectivity index is 1.75. The van der Waals surface area contributed by atoms with Crippen LogP contribution >= 0.6 is 11.6 Å². The molecule has 120 valence electrons. The molecule has 0 saturated carbocycles. The Kier molecular flexibility index (Phi) is 4.82. The first-order chi connectivity index (χ1) is 11.6. The van der Waals surface area contributed by atoms with Crippen LogP contribution < -0.4 is 5.32 Å². The molecule has 0 fully saturated rings. The van der Waals surface area contributed by atoms with Gasteiger partial charge in [0.25, 0.3) is 5.91 Å². The van der Waals surface area contributed by atoms with Crippen LogP contribution in [0.4, 0.5) is 4.39 Å². The summed E-state index contributed by atoms with van der Waals surface area (Å²) in [6.45, 7) is 0.293. The van der Waals surface area contributed by atoms with Crippen molar-refractivity contribution in [1.29, 1.82) is 0 Å². The predicted octanol–water partition coefficient (Wildman–Crippen LogP) is 3.87. The quantitative estimate of drug-likeness (QED) is 0.783. The fraction of sp³-hybridized carbons (Fsp3) is 0.0556. The molecule has 3 aromatic rings. The first-order valence-electron chi connectivity index (χ1n) is 7.21. The number of nitrogens with zero attached hydrogens (tertiary/aromatic N) is 2. The number of pyridine rings is 2. The highest BCUT2D eigenvalue weighted by Crippen LogP contribution is 2.20. The summed E-state index contributed by atoms with van der Waals surface area (Å²) in [6.07, 6.45) is 6.25. The minimum atomic E-state index is -0.310. The molecule has 0 aliphatic heterocycles. The van der Waals surface area contributed by atoms with E-state index >= 15 is 0 Å².